The molecule has 11 nitrogen and oxygen atoms in total. The molecule has 0 aliphatic heterocycles. The summed E-state index contributed by atoms with van der Waals surface area (Å²) in [6, 6.07) is 5.20. The molecule has 0 radical (unpaired) electrons. The highest BCUT2D eigenvalue weighted by Crippen LogP contribution is 2.34. The molecule has 5 aromatic rings. The van der Waals surface area contributed by atoms with Crippen LogP contribution in [0.4, 0.5) is 26.0 Å². The topological polar surface area (TPSA) is 143 Å². The molecule has 0 saturated heterocycles. The van der Waals surface area contributed by atoms with Crippen molar-refractivity contribution >= 4 is 38.4 Å². The van der Waals surface area contributed by atoms with Crippen molar-refractivity contribution in [3.05, 3.63) is 67.3 Å². The first-order valence-corrected chi connectivity index (χ1v) is 11.2. The van der Waals surface area contributed by atoms with Crippen LogP contribution in [0.15, 0.2) is 60.7 Å². The third-order valence-corrected chi connectivity index (χ3v) is 6.07. The van der Waals surface area contributed by atoms with Gasteiger partial charge in [0, 0.05) is 25.0 Å². The van der Waals surface area contributed by atoms with Crippen molar-refractivity contribution < 1.29 is 17.2 Å². The van der Waals surface area contributed by atoms with Gasteiger partial charge in [0.1, 0.15) is 34.9 Å². The van der Waals surface area contributed by atoms with Gasteiger partial charge in [-0.3, -0.25) is 4.72 Å². The van der Waals surface area contributed by atoms with Crippen LogP contribution in [0.5, 0.6) is 0 Å². The molecule has 34 heavy (non-hydrogen) atoms. The largest absolute Gasteiger partial charge is 0.341 e. The number of rotatable bonds is 6. The number of fused-ring (bicyclic) bond motifs is 1. The summed E-state index contributed by atoms with van der Waals surface area (Å²) in [5.41, 5.74) is 0.670. The lowest BCUT2D eigenvalue weighted by Gasteiger charge is -2.14. The number of benzene rings is 1. The summed E-state index contributed by atoms with van der Waals surface area (Å²) in [6.07, 6.45) is 6.73. The molecule has 0 unspecified atom stereocenters. The average molecular weight is 483 g/mol. The Bertz CT molecular complexity index is 1630. The number of imidazole rings is 2. The van der Waals surface area contributed by atoms with E-state index in [2.05, 4.69) is 39.9 Å². The minimum Gasteiger partial charge on any atom is -0.341 e. The number of aromatic amines is 1. The highest BCUT2D eigenvalue weighted by Gasteiger charge is 2.23. The fourth-order valence-corrected chi connectivity index (χ4v) is 4.30. The van der Waals surface area contributed by atoms with Crippen LogP contribution in [-0.4, -0.2) is 42.9 Å². The Morgan fingerprint density at radius 1 is 1.06 bits per heavy atom. The van der Waals surface area contributed by atoms with Gasteiger partial charge in [-0.15, -0.1) is 0 Å². The van der Waals surface area contributed by atoms with Gasteiger partial charge in [0.15, 0.2) is 16.5 Å². The third-order valence-electron chi connectivity index (χ3n) is 4.82. The fourth-order valence-electron chi connectivity index (χ4n) is 3.25. The van der Waals surface area contributed by atoms with Gasteiger partial charge in [0.05, 0.1) is 18.3 Å². The van der Waals surface area contributed by atoms with E-state index in [1.165, 1.54) is 35.9 Å². The summed E-state index contributed by atoms with van der Waals surface area (Å²) in [5.74, 6) is -2.03. The van der Waals surface area contributed by atoms with E-state index < -0.39 is 33.0 Å². The Kier molecular flexibility index (Phi) is 5.13. The Balaban J connectivity index is 1.54. The lowest BCUT2D eigenvalue weighted by Crippen LogP contribution is -2.15. The first kappa shape index (κ1) is 21.4. The van der Waals surface area contributed by atoms with Gasteiger partial charge in [0.2, 0.25) is 0 Å². The number of sulfonamides is 1. The molecule has 4 heterocycles. The predicted molar refractivity (Wildman–Crippen MR) is 119 cm³/mol. The zero-order valence-corrected chi connectivity index (χ0v) is 18.2. The summed E-state index contributed by atoms with van der Waals surface area (Å²) in [7, 11) is -2.61. The maximum absolute atomic E-state index is 15.3. The second-order valence-corrected chi connectivity index (χ2v) is 8.74. The second-order valence-electron chi connectivity index (χ2n) is 7.11. The minimum absolute atomic E-state index is 0.0830. The number of hydrogen-bond acceptors (Lipinski definition) is 8. The molecule has 0 spiro atoms. The molecular weight excluding hydrogens is 468 g/mol. The normalized spacial score (nSPS) is 11.6. The van der Waals surface area contributed by atoms with E-state index in [-0.39, 0.29) is 10.8 Å². The smallest absolute Gasteiger partial charge is 0.281 e. The fraction of sp³-hybridized carbons (Fsp3) is 0.0500. The van der Waals surface area contributed by atoms with E-state index in [4.69, 9.17) is 0 Å². The first-order chi connectivity index (χ1) is 16.3. The summed E-state index contributed by atoms with van der Waals surface area (Å²) in [4.78, 5) is 23.3. The molecule has 3 N–H and O–H groups in total. The monoisotopic (exact) mass is 483 g/mol. The van der Waals surface area contributed by atoms with Crippen LogP contribution in [0, 0.1) is 11.6 Å². The van der Waals surface area contributed by atoms with Crippen LogP contribution in [-0.2, 0) is 17.1 Å². The number of pyridine rings is 1. The highest BCUT2D eigenvalue weighted by molar-refractivity contribution is 7.92. The Morgan fingerprint density at radius 3 is 2.71 bits per heavy atom. The molecule has 0 atom stereocenters. The van der Waals surface area contributed by atoms with Crippen molar-refractivity contribution in [2.24, 2.45) is 7.05 Å². The zero-order valence-electron chi connectivity index (χ0n) is 17.4. The molecule has 172 valence electrons. The van der Waals surface area contributed by atoms with E-state index >= 15 is 4.39 Å². The molecule has 5 rings (SSSR count). The molecule has 4 aromatic heterocycles. The van der Waals surface area contributed by atoms with Gasteiger partial charge in [-0.1, -0.05) is 0 Å². The quantitative estimate of drug-likeness (QED) is 0.334. The highest BCUT2D eigenvalue weighted by atomic mass is 32.2. The van der Waals surface area contributed by atoms with E-state index in [9.17, 15) is 12.8 Å². The Morgan fingerprint density at radius 2 is 1.91 bits per heavy atom. The van der Waals surface area contributed by atoms with Gasteiger partial charge < -0.3 is 14.9 Å². The number of hydrogen-bond donors (Lipinski definition) is 3. The Hall–Kier alpha value is -4.46. The maximum Gasteiger partial charge on any atom is 0.281 e. The van der Waals surface area contributed by atoms with Gasteiger partial charge in [0.25, 0.3) is 10.0 Å². The van der Waals surface area contributed by atoms with Crippen LogP contribution in [0.3, 0.4) is 0 Å². The van der Waals surface area contributed by atoms with Crippen LogP contribution in [0.2, 0.25) is 0 Å². The average Bonchev–Trinajstić information content (AvgIpc) is 3.48. The molecule has 0 aliphatic carbocycles. The van der Waals surface area contributed by atoms with Gasteiger partial charge in [-0.25, -0.2) is 33.7 Å². The summed E-state index contributed by atoms with van der Waals surface area (Å²) < 4.78 is 58.6. The Labute approximate surface area is 191 Å². The number of aryl methyl sites for hydroxylation is 1. The van der Waals surface area contributed by atoms with E-state index in [1.807, 2.05) is 0 Å². The van der Waals surface area contributed by atoms with Crippen molar-refractivity contribution in [1.82, 2.24) is 34.5 Å². The summed E-state index contributed by atoms with van der Waals surface area (Å²) in [5, 5.41) is 2.31. The van der Waals surface area contributed by atoms with Gasteiger partial charge >= 0.3 is 0 Å². The minimum atomic E-state index is -4.20. The molecule has 14 heteroatoms. The molecule has 0 saturated carbocycles. The first-order valence-electron chi connectivity index (χ1n) is 9.69. The lowest BCUT2D eigenvalue weighted by molar-refractivity contribution is 0.587. The van der Waals surface area contributed by atoms with Crippen LogP contribution >= 0.6 is 0 Å². The van der Waals surface area contributed by atoms with Crippen molar-refractivity contribution in [2.75, 3.05) is 10.0 Å². The van der Waals surface area contributed by atoms with E-state index in [0.717, 1.165) is 12.1 Å². The van der Waals surface area contributed by atoms with Crippen LogP contribution < -0.4 is 10.0 Å². The number of anilines is 3. The molecule has 0 fully saturated rings. The third kappa shape index (κ3) is 3.79. The molecule has 1 aromatic carbocycles. The molecule has 0 amide bonds. The predicted octanol–water partition coefficient (Wildman–Crippen LogP) is 2.97. The molecular formula is C20H15F2N9O2S. The van der Waals surface area contributed by atoms with Crippen molar-refractivity contribution in [2.45, 2.75) is 5.03 Å². The van der Waals surface area contributed by atoms with Crippen molar-refractivity contribution in [3.8, 4) is 11.3 Å². The number of nitrogens with one attached hydrogen (secondary N) is 3. The van der Waals surface area contributed by atoms with Crippen molar-refractivity contribution in [3.63, 3.8) is 0 Å². The van der Waals surface area contributed by atoms with Crippen LogP contribution in [0.25, 0.3) is 22.4 Å². The van der Waals surface area contributed by atoms with Gasteiger partial charge in [-0.05, 0) is 24.3 Å². The number of aromatic nitrogens is 7. The summed E-state index contributed by atoms with van der Waals surface area (Å²) >= 11 is 0. The molecule has 0 aliphatic rings. The van der Waals surface area contributed by atoms with E-state index in [1.54, 1.807) is 19.2 Å². The van der Waals surface area contributed by atoms with Crippen LogP contribution in [0.1, 0.15) is 0 Å². The van der Waals surface area contributed by atoms with E-state index in [0.29, 0.717) is 22.4 Å². The van der Waals surface area contributed by atoms with Gasteiger partial charge in [-0.2, -0.15) is 8.42 Å². The lowest BCUT2D eigenvalue weighted by atomic mass is 10.1. The van der Waals surface area contributed by atoms with Crippen molar-refractivity contribution in [1.29, 1.82) is 0 Å². The molecule has 0 bridgehead atoms. The zero-order chi connectivity index (χ0) is 23.9. The number of H-pyrrole nitrogens is 1. The maximum atomic E-state index is 15.3. The standard InChI is InChI=1S/C20H15F2N9O2S/c1-31-7-14(28-10-31)34(32,33)30-13-5-4-12(21)17(15(13)22)29-19-11(3-2-6-23-19)16-18-20(26-8-24-16)27-9-25-18/h2-10,30H,1H3,(H,23,29)(H,24,25,26,27). The number of halogens is 2. The SMILES string of the molecule is Cn1cnc(S(=O)(=O)Nc2ccc(F)c(Nc3ncccc3-c3ncnc4nc[nH]c34)c2F)c1. The second kappa shape index (κ2) is 8.15. The summed E-state index contributed by atoms with van der Waals surface area (Å²) in [6.45, 7) is 0. The number of nitrogens with zero attached hydrogens (tertiary/aromatic N) is 6.